The van der Waals surface area contributed by atoms with Crippen LogP contribution >= 0.6 is 0 Å². The van der Waals surface area contributed by atoms with Gasteiger partial charge in [0.2, 0.25) is 0 Å². The Hall–Kier alpha value is -2.82. The van der Waals surface area contributed by atoms with Gasteiger partial charge in [-0.05, 0) is 56.0 Å². The van der Waals surface area contributed by atoms with Gasteiger partial charge in [0.1, 0.15) is 17.1 Å². The number of phenolic OH excluding ortho intramolecular Hbond substituents is 1. The van der Waals surface area contributed by atoms with Crippen molar-refractivity contribution in [3.63, 3.8) is 0 Å². The molecule has 2 N–H and O–H groups in total. The van der Waals surface area contributed by atoms with Gasteiger partial charge in [-0.15, -0.1) is 0 Å². The molecule has 0 fully saturated rings. The lowest BCUT2D eigenvalue weighted by atomic mass is 10.1. The highest BCUT2D eigenvalue weighted by Crippen LogP contribution is 2.23. The highest BCUT2D eigenvalue weighted by atomic mass is 16.5. The number of aliphatic imine (C=N–C) groups is 1. The number of allylic oxidation sites excluding steroid dienone is 4. The number of aryl methyl sites for hydroxylation is 1. The lowest BCUT2D eigenvalue weighted by molar-refractivity contribution is -0.135. The Labute approximate surface area is 141 Å². The summed E-state index contributed by atoms with van der Waals surface area (Å²) in [6, 6.07) is 4.71. The van der Waals surface area contributed by atoms with Crippen LogP contribution < -0.4 is 0 Å². The van der Waals surface area contributed by atoms with E-state index < -0.39 is 5.97 Å². The highest BCUT2D eigenvalue weighted by molar-refractivity contribution is 6.10. The van der Waals surface area contributed by atoms with Crippen LogP contribution in [0.3, 0.4) is 0 Å². The van der Waals surface area contributed by atoms with Crippen LogP contribution in [0.25, 0.3) is 0 Å². The molecule has 0 amide bonds. The summed E-state index contributed by atoms with van der Waals surface area (Å²) in [4.78, 5) is 16.1. The van der Waals surface area contributed by atoms with Crippen LogP contribution in [0.2, 0.25) is 0 Å². The molecule has 0 aliphatic heterocycles. The smallest absolute Gasteiger partial charge is 0.343 e. The van der Waals surface area contributed by atoms with Gasteiger partial charge in [0.15, 0.2) is 0 Å². The third kappa shape index (κ3) is 4.59. The van der Waals surface area contributed by atoms with Crippen molar-refractivity contribution in [3.05, 3.63) is 58.9 Å². The fourth-order valence-corrected chi connectivity index (χ4v) is 2.37. The molecular formula is C19H21NO4. The molecule has 1 aliphatic carbocycles. The lowest BCUT2D eigenvalue weighted by Gasteiger charge is -2.03. The summed E-state index contributed by atoms with van der Waals surface area (Å²) in [6.07, 6.45) is 9.77. The van der Waals surface area contributed by atoms with E-state index in [1.165, 1.54) is 25.5 Å². The number of methoxy groups -OCH3 is 1. The summed E-state index contributed by atoms with van der Waals surface area (Å²) < 4.78 is 4.71. The number of esters is 1. The molecule has 24 heavy (non-hydrogen) atoms. The van der Waals surface area contributed by atoms with Gasteiger partial charge in [-0.1, -0.05) is 17.7 Å². The van der Waals surface area contributed by atoms with Gasteiger partial charge in [-0.3, -0.25) is 4.99 Å². The number of phenols is 1. The monoisotopic (exact) mass is 327 g/mol. The van der Waals surface area contributed by atoms with Crippen LogP contribution in [0.4, 0.5) is 5.69 Å². The molecule has 5 nitrogen and oxygen atoms in total. The first-order valence-electron chi connectivity index (χ1n) is 7.73. The average Bonchev–Trinajstić information content (AvgIpc) is 3.08. The third-order valence-electron chi connectivity index (χ3n) is 3.73. The zero-order valence-electron chi connectivity index (χ0n) is 13.8. The standard InChI is InChI=1S/C19H21NO4/c1-13-11-15(21)8-9-17(13)20-12-16(19(23)24-2)18(22)10-7-14-5-3-4-6-14/h5,7-12,21-22H,3-4,6H2,1-2H3. The van der Waals surface area contributed by atoms with Gasteiger partial charge < -0.3 is 14.9 Å². The molecule has 2 rings (SSSR count). The van der Waals surface area contributed by atoms with E-state index in [0.29, 0.717) is 5.69 Å². The van der Waals surface area contributed by atoms with E-state index >= 15 is 0 Å². The van der Waals surface area contributed by atoms with E-state index in [0.717, 1.165) is 30.4 Å². The Bertz CT molecular complexity index is 742. The lowest BCUT2D eigenvalue weighted by Crippen LogP contribution is -2.08. The first-order chi connectivity index (χ1) is 11.5. The van der Waals surface area contributed by atoms with Crippen LogP contribution in [0, 0.1) is 6.92 Å². The number of ether oxygens (including phenoxy) is 1. The van der Waals surface area contributed by atoms with Crippen molar-refractivity contribution in [2.45, 2.75) is 26.2 Å². The number of aliphatic hydroxyl groups excluding tert-OH is 1. The molecule has 1 aromatic rings. The number of aliphatic hydroxyl groups is 1. The SMILES string of the molecule is COC(=O)C(C=Nc1ccc(O)cc1C)=C(O)C=CC1=CCCC1. The van der Waals surface area contributed by atoms with E-state index in [-0.39, 0.29) is 17.1 Å². The van der Waals surface area contributed by atoms with Gasteiger partial charge in [-0.25, -0.2) is 4.79 Å². The van der Waals surface area contributed by atoms with Gasteiger partial charge in [0.25, 0.3) is 0 Å². The number of benzene rings is 1. The number of carbonyl (C=O) groups is 1. The topological polar surface area (TPSA) is 79.1 Å². The Morgan fingerprint density at radius 3 is 2.79 bits per heavy atom. The van der Waals surface area contributed by atoms with Gasteiger partial charge in [0, 0.05) is 6.21 Å². The molecule has 0 radical (unpaired) electrons. The minimum absolute atomic E-state index is 0.0279. The predicted molar refractivity (Wildman–Crippen MR) is 93.7 cm³/mol. The number of hydrogen-bond acceptors (Lipinski definition) is 5. The van der Waals surface area contributed by atoms with Crippen molar-refractivity contribution < 1.29 is 19.7 Å². The number of aromatic hydroxyl groups is 1. The zero-order chi connectivity index (χ0) is 17.5. The van der Waals surface area contributed by atoms with Gasteiger partial charge in [-0.2, -0.15) is 0 Å². The minimum Gasteiger partial charge on any atom is -0.508 e. The van der Waals surface area contributed by atoms with E-state index in [2.05, 4.69) is 11.1 Å². The first kappa shape index (κ1) is 17.5. The van der Waals surface area contributed by atoms with Crippen molar-refractivity contribution >= 4 is 17.9 Å². The van der Waals surface area contributed by atoms with Crippen molar-refractivity contribution in [2.24, 2.45) is 4.99 Å². The first-order valence-corrected chi connectivity index (χ1v) is 7.73. The van der Waals surface area contributed by atoms with Crippen molar-refractivity contribution in [3.8, 4) is 5.75 Å². The maximum Gasteiger partial charge on any atom is 0.343 e. The van der Waals surface area contributed by atoms with E-state index in [1.807, 2.05) is 0 Å². The van der Waals surface area contributed by atoms with Gasteiger partial charge in [0.05, 0.1) is 12.8 Å². The molecule has 1 aromatic carbocycles. The quantitative estimate of drug-likeness (QED) is 0.281. The molecule has 0 atom stereocenters. The molecule has 0 heterocycles. The molecule has 0 aromatic heterocycles. The molecule has 5 heteroatoms. The van der Waals surface area contributed by atoms with Crippen molar-refractivity contribution in [1.82, 2.24) is 0 Å². The van der Waals surface area contributed by atoms with Crippen LogP contribution in [0.15, 0.2) is 58.3 Å². The third-order valence-corrected chi connectivity index (χ3v) is 3.73. The molecule has 0 bridgehead atoms. The number of rotatable bonds is 5. The number of nitrogens with zero attached hydrogens (tertiary/aromatic N) is 1. The molecule has 0 unspecified atom stereocenters. The molecule has 1 aliphatic rings. The second-order valence-electron chi connectivity index (χ2n) is 5.52. The summed E-state index contributed by atoms with van der Waals surface area (Å²) >= 11 is 0. The van der Waals surface area contributed by atoms with E-state index in [4.69, 9.17) is 4.74 Å². The summed E-state index contributed by atoms with van der Waals surface area (Å²) in [6.45, 7) is 1.79. The molecule has 126 valence electrons. The molecule has 0 saturated heterocycles. The minimum atomic E-state index is -0.669. The summed E-state index contributed by atoms with van der Waals surface area (Å²) in [5.41, 5.74) is 2.45. The van der Waals surface area contributed by atoms with Crippen molar-refractivity contribution in [1.29, 1.82) is 0 Å². The fourth-order valence-electron chi connectivity index (χ4n) is 2.37. The second kappa shape index (κ2) is 8.15. The summed E-state index contributed by atoms with van der Waals surface area (Å²) in [5, 5.41) is 19.6. The van der Waals surface area contributed by atoms with Gasteiger partial charge >= 0.3 is 5.97 Å². The van der Waals surface area contributed by atoms with Crippen LogP contribution in [0.5, 0.6) is 5.75 Å². The normalized spacial score (nSPS) is 15.7. The van der Waals surface area contributed by atoms with Crippen molar-refractivity contribution in [2.75, 3.05) is 7.11 Å². The number of carbonyl (C=O) groups excluding carboxylic acids is 1. The maximum absolute atomic E-state index is 11.9. The van der Waals surface area contributed by atoms with Crippen LogP contribution in [-0.4, -0.2) is 29.5 Å². The zero-order valence-corrected chi connectivity index (χ0v) is 13.8. The van der Waals surface area contributed by atoms with E-state index in [1.54, 1.807) is 25.1 Å². The second-order valence-corrected chi connectivity index (χ2v) is 5.52. The fraction of sp³-hybridized carbons (Fsp3) is 0.263. The maximum atomic E-state index is 11.9. The van der Waals surface area contributed by atoms with Crippen LogP contribution in [-0.2, 0) is 9.53 Å². The summed E-state index contributed by atoms with van der Waals surface area (Å²) in [5.74, 6) is -0.724. The Balaban J connectivity index is 2.28. The predicted octanol–water partition coefficient (Wildman–Crippen LogP) is 4.05. The summed E-state index contributed by atoms with van der Waals surface area (Å²) in [7, 11) is 1.25. The largest absolute Gasteiger partial charge is 0.508 e. The van der Waals surface area contributed by atoms with Crippen LogP contribution in [0.1, 0.15) is 24.8 Å². The molecule has 0 saturated carbocycles. The number of hydrogen-bond donors (Lipinski definition) is 2. The Kier molecular flexibility index (Phi) is 5.95. The Morgan fingerprint density at radius 1 is 1.38 bits per heavy atom. The highest BCUT2D eigenvalue weighted by Gasteiger charge is 2.13. The van der Waals surface area contributed by atoms with E-state index in [9.17, 15) is 15.0 Å². The molecular weight excluding hydrogens is 306 g/mol. The Morgan fingerprint density at radius 2 is 2.17 bits per heavy atom. The average molecular weight is 327 g/mol. The molecule has 0 spiro atoms.